The first-order valence-electron chi connectivity index (χ1n) is 11.8. The molecule has 1 N–H and O–H groups in total. The van der Waals surface area contributed by atoms with E-state index >= 15 is 0 Å². The number of morpholine rings is 1. The summed E-state index contributed by atoms with van der Waals surface area (Å²) < 4.78 is 32.4. The Hall–Kier alpha value is -1.97. The van der Waals surface area contributed by atoms with Crippen LogP contribution in [-0.4, -0.2) is 62.9 Å². The van der Waals surface area contributed by atoms with Crippen LogP contribution in [0.3, 0.4) is 0 Å². The van der Waals surface area contributed by atoms with Crippen molar-refractivity contribution in [1.82, 2.24) is 14.5 Å². The lowest BCUT2D eigenvalue weighted by molar-refractivity contribution is -0.126. The van der Waals surface area contributed by atoms with Crippen molar-refractivity contribution in [3.63, 3.8) is 0 Å². The molecule has 2 heterocycles. The summed E-state index contributed by atoms with van der Waals surface area (Å²) in [5.41, 5.74) is 2.98. The third-order valence-electron chi connectivity index (χ3n) is 6.46. The molecule has 7 nitrogen and oxygen atoms in total. The molecule has 0 bridgehead atoms. The molecule has 2 aromatic carbocycles. The van der Waals surface area contributed by atoms with E-state index in [1.165, 1.54) is 9.87 Å². The summed E-state index contributed by atoms with van der Waals surface area (Å²) in [4.78, 5) is 15.1. The molecule has 0 aliphatic carbocycles. The average Bonchev–Trinajstić information content (AvgIpc) is 2.84. The van der Waals surface area contributed by atoms with Gasteiger partial charge >= 0.3 is 0 Å². The summed E-state index contributed by atoms with van der Waals surface area (Å²) in [6.45, 7) is 5.60. The Kier molecular flexibility index (Phi) is 8.60. The van der Waals surface area contributed by atoms with Crippen molar-refractivity contribution in [2.75, 3.05) is 39.4 Å². The lowest BCUT2D eigenvalue weighted by Gasteiger charge is -2.30. The van der Waals surface area contributed by atoms with Crippen molar-refractivity contribution < 1.29 is 17.9 Å². The molecule has 0 radical (unpaired) electrons. The maximum Gasteiger partial charge on any atom is 0.223 e. The molecule has 0 saturated carbocycles. The topological polar surface area (TPSA) is 79.0 Å². The molecule has 0 aromatic heterocycles. The molecule has 2 saturated heterocycles. The summed E-state index contributed by atoms with van der Waals surface area (Å²) in [5, 5.41) is 3.54. The van der Waals surface area contributed by atoms with Gasteiger partial charge in [-0.15, -0.1) is 0 Å². The average molecular weight is 506 g/mol. The zero-order valence-electron chi connectivity index (χ0n) is 19.3. The fraction of sp³-hybridized carbons (Fsp3) is 0.480. The van der Waals surface area contributed by atoms with Crippen molar-refractivity contribution in [1.29, 1.82) is 0 Å². The first-order chi connectivity index (χ1) is 16.4. The number of ether oxygens (including phenoxy) is 1. The number of sulfonamides is 1. The summed E-state index contributed by atoms with van der Waals surface area (Å²) in [6, 6.07) is 15.2. The number of nitrogens with one attached hydrogen (secondary N) is 1. The van der Waals surface area contributed by atoms with Crippen LogP contribution in [0.25, 0.3) is 0 Å². The zero-order chi connectivity index (χ0) is 24.0. The van der Waals surface area contributed by atoms with Crippen LogP contribution in [0.5, 0.6) is 0 Å². The summed E-state index contributed by atoms with van der Waals surface area (Å²) in [5.74, 6) is -0.256. The number of carbonyl (C=O) groups is 1. The van der Waals surface area contributed by atoms with Gasteiger partial charge in [-0.3, -0.25) is 9.69 Å². The quantitative estimate of drug-likeness (QED) is 0.596. The molecular formula is C25H32ClN3O4S. The van der Waals surface area contributed by atoms with Crippen molar-refractivity contribution in [2.45, 2.75) is 31.7 Å². The lowest BCUT2D eigenvalue weighted by atomic mass is 9.97. The third kappa shape index (κ3) is 7.02. The van der Waals surface area contributed by atoms with Gasteiger partial charge < -0.3 is 10.1 Å². The molecule has 2 aromatic rings. The van der Waals surface area contributed by atoms with Crippen molar-refractivity contribution in [3.8, 4) is 0 Å². The van der Waals surface area contributed by atoms with Gasteiger partial charge in [0.2, 0.25) is 15.9 Å². The van der Waals surface area contributed by atoms with Gasteiger partial charge in [0.05, 0.1) is 19.0 Å². The van der Waals surface area contributed by atoms with Crippen molar-refractivity contribution in [3.05, 3.63) is 70.2 Å². The minimum Gasteiger partial charge on any atom is -0.379 e. The molecule has 2 aliphatic rings. The summed E-state index contributed by atoms with van der Waals surface area (Å²) >= 11 is 5.98. The first-order valence-corrected chi connectivity index (χ1v) is 13.8. The fourth-order valence-electron chi connectivity index (χ4n) is 4.44. The SMILES string of the molecule is O=C(NCc1ccc(CN2CCOCC2)cc1)C1CCN(S(=O)(=O)Cc2cccc(Cl)c2)CC1. The van der Waals surface area contributed by atoms with Gasteiger partial charge in [-0.25, -0.2) is 12.7 Å². The zero-order valence-corrected chi connectivity index (χ0v) is 20.9. The predicted molar refractivity (Wildman–Crippen MR) is 133 cm³/mol. The van der Waals surface area contributed by atoms with Crippen LogP contribution >= 0.6 is 11.6 Å². The van der Waals surface area contributed by atoms with Gasteiger partial charge in [0.25, 0.3) is 0 Å². The van der Waals surface area contributed by atoms with Crippen LogP contribution in [0.2, 0.25) is 5.02 Å². The second kappa shape index (κ2) is 11.6. The van der Waals surface area contributed by atoms with E-state index in [1.807, 2.05) is 0 Å². The highest BCUT2D eigenvalue weighted by atomic mass is 35.5. The molecule has 9 heteroatoms. The van der Waals surface area contributed by atoms with Crippen LogP contribution in [0.4, 0.5) is 0 Å². The predicted octanol–water partition coefficient (Wildman–Crippen LogP) is 3.03. The Balaban J connectivity index is 1.21. The smallest absolute Gasteiger partial charge is 0.223 e. The molecule has 0 spiro atoms. The highest BCUT2D eigenvalue weighted by molar-refractivity contribution is 7.88. The van der Waals surface area contributed by atoms with Gasteiger partial charge in [-0.1, -0.05) is 48.0 Å². The number of benzene rings is 2. The van der Waals surface area contributed by atoms with Crippen LogP contribution in [0.15, 0.2) is 48.5 Å². The highest BCUT2D eigenvalue weighted by Crippen LogP contribution is 2.23. The number of halogens is 1. The Morgan fingerprint density at radius 3 is 2.32 bits per heavy atom. The molecule has 0 atom stereocenters. The molecule has 2 fully saturated rings. The number of rotatable bonds is 8. The van der Waals surface area contributed by atoms with E-state index in [1.54, 1.807) is 24.3 Å². The third-order valence-corrected chi connectivity index (χ3v) is 8.54. The Morgan fingerprint density at radius 2 is 1.65 bits per heavy atom. The van der Waals surface area contributed by atoms with E-state index < -0.39 is 10.0 Å². The van der Waals surface area contributed by atoms with E-state index in [-0.39, 0.29) is 17.6 Å². The lowest BCUT2D eigenvalue weighted by Crippen LogP contribution is -2.43. The first kappa shape index (κ1) is 25.1. The van der Waals surface area contributed by atoms with Gasteiger partial charge in [0, 0.05) is 50.2 Å². The van der Waals surface area contributed by atoms with Crippen molar-refractivity contribution in [2.24, 2.45) is 5.92 Å². The second-order valence-corrected chi connectivity index (χ2v) is 11.4. The van der Waals surface area contributed by atoms with E-state index in [0.717, 1.165) is 38.4 Å². The summed E-state index contributed by atoms with van der Waals surface area (Å²) in [6.07, 6.45) is 1.05. The van der Waals surface area contributed by atoms with Crippen LogP contribution in [0.1, 0.15) is 29.5 Å². The number of piperidine rings is 1. The normalized spacial score (nSPS) is 18.6. The number of nitrogens with zero attached hydrogens (tertiary/aromatic N) is 2. The maximum absolute atomic E-state index is 12.8. The van der Waals surface area contributed by atoms with Gasteiger partial charge in [0.1, 0.15) is 0 Å². The Bertz CT molecular complexity index is 1060. The highest BCUT2D eigenvalue weighted by Gasteiger charge is 2.31. The number of amides is 1. The number of carbonyl (C=O) groups excluding carboxylic acids is 1. The standard InChI is InChI=1S/C25H32ClN3O4S/c26-24-3-1-2-22(16-24)19-34(31,32)29-10-8-23(9-11-29)25(30)27-17-20-4-6-21(7-5-20)18-28-12-14-33-15-13-28/h1-7,16,23H,8-15,17-19H2,(H,27,30). The molecule has 4 rings (SSSR count). The largest absolute Gasteiger partial charge is 0.379 e. The van der Waals surface area contributed by atoms with E-state index in [2.05, 4.69) is 34.5 Å². The van der Waals surface area contributed by atoms with Crippen molar-refractivity contribution >= 4 is 27.5 Å². The maximum atomic E-state index is 12.8. The second-order valence-electron chi connectivity index (χ2n) is 8.98. The van der Waals surface area contributed by atoms with Gasteiger partial charge in [-0.05, 0) is 41.7 Å². The molecule has 34 heavy (non-hydrogen) atoms. The van der Waals surface area contributed by atoms with E-state index in [9.17, 15) is 13.2 Å². The molecule has 0 unspecified atom stereocenters. The Labute approximate surface area is 207 Å². The molecule has 2 aliphatic heterocycles. The van der Waals surface area contributed by atoms with Gasteiger partial charge in [0.15, 0.2) is 0 Å². The van der Waals surface area contributed by atoms with E-state index in [4.69, 9.17) is 16.3 Å². The fourth-order valence-corrected chi connectivity index (χ4v) is 6.20. The minimum absolute atomic E-state index is 0.00992. The van der Waals surface area contributed by atoms with Crippen LogP contribution < -0.4 is 5.32 Å². The van der Waals surface area contributed by atoms with Gasteiger partial charge in [-0.2, -0.15) is 0 Å². The summed E-state index contributed by atoms with van der Waals surface area (Å²) in [7, 11) is -3.44. The van der Waals surface area contributed by atoms with E-state index in [0.29, 0.717) is 43.1 Å². The number of hydrogen-bond acceptors (Lipinski definition) is 5. The van der Waals surface area contributed by atoms with Crippen LogP contribution in [-0.2, 0) is 38.4 Å². The molecule has 184 valence electrons. The molecule has 1 amide bonds. The monoisotopic (exact) mass is 505 g/mol. The Morgan fingerprint density at radius 1 is 0.971 bits per heavy atom. The molecular weight excluding hydrogens is 474 g/mol. The minimum atomic E-state index is -3.44. The van der Waals surface area contributed by atoms with Crippen LogP contribution in [0, 0.1) is 5.92 Å². The number of hydrogen-bond donors (Lipinski definition) is 1.